The van der Waals surface area contributed by atoms with Gasteiger partial charge in [0.25, 0.3) is 0 Å². The number of ether oxygens (including phenoxy) is 1. The van der Waals surface area contributed by atoms with Crippen LogP contribution in [-0.2, 0) is 25.5 Å². The van der Waals surface area contributed by atoms with Crippen molar-refractivity contribution in [2.45, 2.75) is 33.2 Å². The molecule has 4 rings (SSSR count). The van der Waals surface area contributed by atoms with E-state index in [1.165, 1.54) is 34.9 Å². The lowest BCUT2D eigenvalue weighted by atomic mass is 10.0. The van der Waals surface area contributed by atoms with Crippen LogP contribution < -0.4 is 11.5 Å². The number of fused-ring (bicyclic) bond motifs is 1. The number of benzene rings is 1. The van der Waals surface area contributed by atoms with Gasteiger partial charge in [-0.15, -0.1) is 34.9 Å². The second kappa shape index (κ2) is 8.50. The zero-order valence-corrected chi connectivity index (χ0v) is 19.5. The number of nitrogen functional groups attached to an aromatic ring is 1. The minimum absolute atomic E-state index is 0.0476. The van der Waals surface area contributed by atoms with E-state index in [1.54, 1.807) is 10.3 Å². The molecule has 4 N–H and O–H groups in total. The van der Waals surface area contributed by atoms with Crippen molar-refractivity contribution in [3.63, 3.8) is 0 Å². The molecule has 158 valence electrons. The summed E-state index contributed by atoms with van der Waals surface area (Å²) < 4.78 is 4.65. The Labute approximate surface area is 193 Å². The standard InChI is InChI=1S/C18H17BrN4O4S3/c19-10-3-1-2-4-11(10)30-18(8-23-12(24)6-13(23)29-15(18)20)16(26)27-14(25)5-9-7-28-17(21)22-9/h1-4,7,13,15H,5-6,8,20H2,(H2,21,22)/t13-,15?,18?/m1/s1. The number of hydrogen-bond acceptors (Lipinski definition) is 10. The van der Waals surface area contributed by atoms with Crippen LogP contribution in [0.5, 0.6) is 0 Å². The third-order valence-electron chi connectivity index (χ3n) is 4.76. The molecule has 0 aliphatic carbocycles. The number of hydrogen-bond donors (Lipinski definition) is 2. The minimum atomic E-state index is -1.34. The van der Waals surface area contributed by atoms with E-state index in [0.29, 0.717) is 17.2 Å². The molecule has 3 heterocycles. The third-order valence-corrected chi connectivity index (χ3v) is 9.51. The number of carbonyl (C=O) groups is 3. The summed E-state index contributed by atoms with van der Waals surface area (Å²) >= 11 is 7.23. The molecular weight excluding hydrogens is 512 g/mol. The van der Waals surface area contributed by atoms with Crippen molar-refractivity contribution < 1.29 is 19.1 Å². The Morgan fingerprint density at radius 1 is 1.40 bits per heavy atom. The van der Waals surface area contributed by atoms with Gasteiger partial charge in [-0.1, -0.05) is 12.1 Å². The Bertz CT molecular complexity index is 1020. The molecule has 3 atom stereocenters. The van der Waals surface area contributed by atoms with Crippen LogP contribution in [0.2, 0.25) is 0 Å². The fraction of sp³-hybridized carbons (Fsp3) is 0.333. The lowest BCUT2D eigenvalue weighted by molar-refractivity contribution is -0.162. The molecule has 0 saturated carbocycles. The van der Waals surface area contributed by atoms with Crippen molar-refractivity contribution in [3.8, 4) is 0 Å². The molecule has 0 radical (unpaired) electrons. The van der Waals surface area contributed by atoms with Crippen LogP contribution in [-0.4, -0.2) is 49.8 Å². The molecule has 30 heavy (non-hydrogen) atoms. The highest BCUT2D eigenvalue weighted by Crippen LogP contribution is 2.50. The number of amides is 1. The highest BCUT2D eigenvalue weighted by molar-refractivity contribution is 9.10. The van der Waals surface area contributed by atoms with Gasteiger partial charge in [0, 0.05) is 21.3 Å². The molecule has 0 bridgehead atoms. The lowest BCUT2D eigenvalue weighted by Gasteiger charge is -2.52. The molecule has 2 aliphatic heterocycles. The summed E-state index contributed by atoms with van der Waals surface area (Å²) in [7, 11) is 0. The van der Waals surface area contributed by atoms with Gasteiger partial charge in [-0.3, -0.25) is 9.59 Å². The normalized spacial score (nSPS) is 25.4. The molecule has 12 heteroatoms. The van der Waals surface area contributed by atoms with Crippen molar-refractivity contribution in [1.29, 1.82) is 0 Å². The Kier molecular flexibility index (Phi) is 6.13. The van der Waals surface area contributed by atoms with Crippen LogP contribution in [0.4, 0.5) is 5.13 Å². The van der Waals surface area contributed by atoms with E-state index in [0.717, 1.165) is 9.37 Å². The smallest absolute Gasteiger partial charge is 0.334 e. The van der Waals surface area contributed by atoms with Crippen molar-refractivity contribution >= 4 is 73.8 Å². The van der Waals surface area contributed by atoms with E-state index in [-0.39, 0.29) is 24.2 Å². The molecule has 2 fully saturated rings. The summed E-state index contributed by atoms with van der Waals surface area (Å²) in [4.78, 5) is 44.2. The van der Waals surface area contributed by atoms with Crippen molar-refractivity contribution in [3.05, 3.63) is 39.8 Å². The Balaban J connectivity index is 1.59. The van der Waals surface area contributed by atoms with Crippen LogP contribution in [0.25, 0.3) is 0 Å². The molecule has 2 aromatic rings. The second-order valence-electron chi connectivity index (χ2n) is 6.77. The van der Waals surface area contributed by atoms with E-state index in [1.807, 2.05) is 24.3 Å². The Hall–Kier alpha value is -1.60. The number of aromatic nitrogens is 1. The molecule has 0 spiro atoms. The second-order valence-corrected chi connectivity index (χ2v) is 11.2. The quantitative estimate of drug-likeness (QED) is 0.340. The molecule has 1 amide bonds. The van der Waals surface area contributed by atoms with Crippen LogP contribution in [0.1, 0.15) is 12.1 Å². The topological polar surface area (TPSA) is 129 Å². The largest absolute Gasteiger partial charge is 0.392 e. The number of halogens is 1. The molecular formula is C18H17BrN4O4S3. The predicted octanol–water partition coefficient (Wildman–Crippen LogP) is 2.22. The third kappa shape index (κ3) is 4.11. The molecule has 1 aromatic heterocycles. The van der Waals surface area contributed by atoms with Crippen LogP contribution in [0.15, 0.2) is 39.0 Å². The van der Waals surface area contributed by atoms with Gasteiger partial charge in [0.15, 0.2) is 9.88 Å². The van der Waals surface area contributed by atoms with Gasteiger partial charge >= 0.3 is 11.9 Å². The summed E-state index contributed by atoms with van der Waals surface area (Å²) in [6, 6.07) is 7.37. The Morgan fingerprint density at radius 2 is 2.17 bits per heavy atom. The number of rotatable bonds is 5. The lowest BCUT2D eigenvalue weighted by Crippen LogP contribution is -2.68. The summed E-state index contributed by atoms with van der Waals surface area (Å²) in [5.41, 5.74) is 12.4. The van der Waals surface area contributed by atoms with Gasteiger partial charge in [-0.05, 0) is 28.1 Å². The van der Waals surface area contributed by atoms with Crippen LogP contribution in [0.3, 0.4) is 0 Å². The van der Waals surface area contributed by atoms with Gasteiger partial charge in [0.1, 0.15) is 0 Å². The summed E-state index contributed by atoms with van der Waals surface area (Å²) in [6.07, 6.45) is 0.218. The maximum absolute atomic E-state index is 13.3. The maximum Gasteiger partial charge on any atom is 0.334 e. The van der Waals surface area contributed by atoms with Gasteiger partial charge in [-0.2, -0.15) is 0 Å². The number of nitrogens with two attached hydrogens (primary N) is 2. The zero-order valence-electron chi connectivity index (χ0n) is 15.4. The summed E-state index contributed by atoms with van der Waals surface area (Å²) in [5.74, 6) is -1.56. The number of thioether (sulfide) groups is 2. The average Bonchev–Trinajstić information content (AvgIpc) is 3.09. The van der Waals surface area contributed by atoms with Gasteiger partial charge in [0.2, 0.25) is 5.91 Å². The molecule has 2 saturated heterocycles. The molecule has 8 nitrogen and oxygen atoms in total. The van der Waals surface area contributed by atoms with Gasteiger partial charge < -0.3 is 21.1 Å². The van der Waals surface area contributed by atoms with Gasteiger partial charge in [0.05, 0.1) is 29.3 Å². The monoisotopic (exact) mass is 528 g/mol. The first-order valence-electron chi connectivity index (χ1n) is 8.87. The summed E-state index contributed by atoms with van der Waals surface area (Å²) in [6.45, 7) is 0.0758. The van der Waals surface area contributed by atoms with E-state index >= 15 is 0 Å². The Morgan fingerprint density at radius 3 is 2.83 bits per heavy atom. The van der Waals surface area contributed by atoms with Crippen molar-refractivity contribution in [2.24, 2.45) is 5.73 Å². The van der Waals surface area contributed by atoms with E-state index in [2.05, 4.69) is 20.9 Å². The highest BCUT2D eigenvalue weighted by Gasteiger charge is 2.58. The van der Waals surface area contributed by atoms with Crippen LogP contribution >= 0.6 is 50.8 Å². The number of carbonyl (C=O) groups excluding carboxylic acids is 3. The van der Waals surface area contributed by atoms with Crippen molar-refractivity contribution in [2.75, 3.05) is 12.3 Å². The van der Waals surface area contributed by atoms with E-state index in [4.69, 9.17) is 16.2 Å². The summed E-state index contributed by atoms with van der Waals surface area (Å²) in [5, 5.41) is 1.25. The SMILES string of the molecule is Nc1nc(CC(=O)OC(=O)C2(Sc3ccccc3Br)CN3C(=O)C[C@H]3SC2N)cs1. The first-order valence-corrected chi connectivity index (χ1v) is 12.3. The van der Waals surface area contributed by atoms with Crippen LogP contribution in [0, 0.1) is 0 Å². The zero-order chi connectivity index (χ0) is 21.5. The molecule has 2 unspecified atom stereocenters. The first kappa shape index (κ1) is 21.6. The molecule has 1 aromatic carbocycles. The van der Waals surface area contributed by atoms with E-state index < -0.39 is 22.1 Å². The van der Waals surface area contributed by atoms with Crippen molar-refractivity contribution in [1.82, 2.24) is 9.88 Å². The van der Waals surface area contributed by atoms with E-state index in [9.17, 15) is 14.4 Å². The first-order chi connectivity index (χ1) is 14.3. The fourth-order valence-corrected chi connectivity index (χ4v) is 7.03. The number of β-lactam (4-membered cyclic amide) rings is 1. The maximum atomic E-state index is 13.3. The average molecular weight is 529 g/mol. The number of anilines is 1. The highest BCUT2D eigenvalue weighted by atomic mass is 79.9. The number of nitrogens with zero attached hydrogens (tertiary/aromatic N) is 2. The number of thiazole rings is 1. The predicted molar refractivity (Wildman–Crippen MR) is 120 cm³/mol. The fourth-order valence-electron chi connectivity index (χ4n) is 3.17. The molecule has 2 aliphatic rings. The minimum Gasteiger partial charge on any atom is -0.392 e. The number of esters is 2. The van der Waals surface area contributed by atoms with Gasteiger partial charge in [-0.25, -0.2) is 9.78 Å².